The number of carboxylic acids is 1. The van der Waals surface area contributed by atoms with Crippen molar-refractivity contribution in [2.75, 3.05) is 18.1 Å². The van der Waals surface area contributed by atoms with Gasteiger partial charge in [0.25, 0.3) is 0 Å². The van der Waals surface area contributed by atoms with E-state index in [4.69, 9.17) is 0 Å². The second kappa shape index (κ2) is 8.47. The van der Waals surface area contributed by atoms with Gasteiger partial charge in [0.05, 0.1) is 17.1 Å². The first-order chi connectivity index (χ1) is 11.8. The monoisotopic (exact) mass is 367 g/mol. The molecule has 1 N–H and O–H groups in total. The standard InChI is InChI=1S/C18H25NO5S/c1-2-3-11-19(15-10-12-25(23,24)13-15)17(20)9-8-14-6-4-5-7-16(14)18(21)22/h4-7,15H,2-3,8-13H2,1H3,(H,21,22). The molecule has 1 heterocycles. The lowest BCUT2D eigenvalue weighted by Gasteiger charge is -2.28. The van der Waals surface area contributed by atoms with Crippen molar-refractivity contribution in [1.82, 2.24) is 4.90 Å². The van der Waals surface area contributed by atoms with Crippen LogP contribution in [0.4, 0.5) is 0 Å². The molecule has 1 amide bonds. The van der Waals surface area contributed by atoms with E-state index in [0.29, 0.717) is 24.9 Å². The minimum atomic E-state index is -3.06. The average Bonchev–Trinajstić information content (AvgIpc) is 2.93. The summed E-state index contributed by atoms with van der Waals surface area (Å²) in [5, 5.41) is 9.22. The molecule has 1 fully saturated rings. The van der Waals surface area contributed by atoms with Crippen LogP contribution in [0.5, 0.6) is 0 Å². The number of amides is 1. The number of benzene rings is 1. The molecule has 0 radical (unpaired) electrons. The first-order valence-corrected chi connectivity index (χ1v) is 10.5. The molecule has 1 aliphatic heterocycles. The van der Waals surface area contributed by atoms with E-state index in [-0.39, 0.29) is 35.4 Å². The normalized spacial score (nSPS) is 18.8. The van der Waals surface area contributed by atoms with Crippen molar-refractivity contribution in [2.24, 2.45) is 0 Å². The predicted octanol–water partition coefficient (Wildman–Crippen LogP) is 2.13. The number of aryl methyl sites for hydroxylation is 1. The number of sulfone groups is 1. The van der Waals surface area contributed by atoms with Crippen LogP contribution in [-0.4, -0.2) is 54.4 Å². The van der Waals surface area contributed by atoms with E-state index in [2.05, 4.69) is 0 Å². The van der Waals surface area contributed by atoms with Crippen LogP contribution in [0.15, 0.2) is 24.3 Å². The Labute approximate surface area is 148 Å². The SMILES string of the molecule is CCCCN(C(=O)CCc1ccccc1C(=O)O)C1CCS(=O)(=O)C1. The summed E-state index contributed by atoms with van der Waals surface area (Å²) in [6.07, 6.45) is 2.76. The summed E-state index contributed by atoms with van der Waals surface area (Å²) >= 11 is 0. The topological polar surface area (TPSA) is 91.8 Å². The van der Waals surface area contributed by atoms with Crippen LogP contribution in [0.3, 0.4) is 0 Å². The zero-order valence-corrected chi connectivity index (χ0v) is 15.3. The third-order valence-corrected chi connectivity index (χ3v) is 6.33. The van der Waals surface area contributed by atoms with Crippen LogP contribution in [0.2, 0.25) is 0 Å². The van der Waals surface area contributed by atoms with Crippen LogP contribution in [-0.2, 0) is 21.1 Å². The Kier molecular flexibility index (Phi) is 6.58. The number of hydrogen-bond donors (Lipinski definition) is 1. The highest BCUT2D eigenvalue weighted by molar-refractivity contribution is 7.91. The molecule has 138 valence electrons. The van der Waals surface area contributed by atoms with Gasteiger partial charge in [0, 0.05) is 19.0 Å². The van der Waals surface area contributed by atoms with E-state index in [1.54, 1.807) is 23.1 Å². The molecule has 0 spiro atoms. The molecule has 1 aliphatic rings. The largest absolute Gasteiger partial charge is 0.478 e. The summed E-state index contributed by atoms with van der Waals surface area (Å²) in [7, 11) is -3.06. The molecule has 6 nitrogen and oxygen atoms in total. The Morgan fingerprint density at radius 3 is 2.60 bits per heavy atom. The van der Waals surface area contributed by atoms with Crippen LogP contribution >= 0.6 is 0 Å². The zero-order chi connectivity index (χ0) is 18.4. The number of hydrogen-bond acceptors (Lipinski definition) is 4. The average molecular weight is 367 g/mol. The fraction of sp³-hybridized carbons (Fsp3) is 0.556. The van der Waals surface area contributed by atoms with E-state index >= 15 is 0 Å². The van der Waals surface area contributed by atoms with Gasteiger partial charge in [0.15, 0.2) is 9.84 Å². The molecule has 0 aliphatic carbocycles. The van der Waals surface area contributed by atoms with E-state index in [9.17, 15) is 23.1 Å². The van der Waals surface area contributed by atoms with Crippen LogP contribution in [0.1, 0.15) is 48.5 Å². The van der Waals surface area contributed by atoms with Crippen LogP contribution in [0.25, 0.3) is 0 Å². The molecule has 7 heteroatoms. The van der Waals surface area contributed by atoms with Crippen molar-refractivity contribution in [3.63, 3.8) is 0 Å². The molecule has 1 saturated heterocycles. The van der Waals surface area contributed by atoms with Gasteiger partial charge in [-0.2, -0.15) is 0 Å². The summed E-state index contributed by atoms with van der Waals surface area (Å²) in [6.45, 7) is 2.58. The number of aromatic carboxylic acids is 1. The first kappa shape index (κ1) is 19.4. The maximum absolute atomic E-state index is 12.7. The Hall–Kier alpha value is -1.89. The Bertz CT molecular complexity index is 729. The second-order valence-corrected chi connectivity index (χ2v) is 8.69. The lowest BCUT2D eigenvalue weighted by atomic mass is 10.0. The third-order valence-electron chi connectivity index (χ3n) is 4.58. The minimum Gasteiger partial charge on any atom is -0.478 e. The van der Waals surface area contributed by atoms with E-state index in [1.807, 2.05) is 6.92 Å². The Balaban J connectivity index is 2.06. The molecule has 0 aromatic heterocycles. The smallest absolute Gasteiger partial charge is 0.335 e. The third kappa shape index (κ3) is 5.29. The van der Waals surface area contributed by atoms with Gasteiger partial charge in [0.1, 0.15) is 0 Å². The highest BCUT2D eigenvalue weighted by Gasteiger charge is 2.34. The number of unbranched alkanes of at least 4 members (excludes halogenated alkanes) is 1. The van der Waals surface area contributed by atoms with Gasteiger partial charge < -0.3 is 10.0 Å². The fourth-order valence-corrected chi connectivity index (χ4v) is 4.92. The highest BCUT2D eigenvalue weighted by Crippen LogP contribution is 2.20. The molecule has 25 heavy (non-hydrogen) atoms. The molecule has 1 aromatic carbocycles. The molecular weight excluding hydrogens is 342 g/mol. The number of rotatable bonds is 8. The fourth-order valence-electron chi connectivity index (χ4n) is 3.19. The van der Waals surface area contributed by atoms with Crippen molar-refractivity contribution in [3.8, 4) is 0 Å². The number of nitrogens with zero attached hydrogens (tertiary/aromatic N) is 1. The molecule has 0 bridgehead atoms. The lowest BCUT2D eigenvalue weighted by molar-refractivity contribution is -0.133. The van der Waals surface area contributed by atoms with Gasteiger partial charge in [-0.1, -0.05) is 31.5 Å². The lowest BCUT2D eigenvalue weighted by Crippen LogP contribution is -2.41. The Morgan fingerprint density at radius 2 is 2.00 bits per heavy atom. The minimum absolute atomic E-state index is 0.0359. The molecule has 0 saturated carbocycles. The first-order valence-electron chi connectivity index (χ1n) is 8.65. The summed E-state index contributed by atoms with van der Waals surface area (Å²) in [6, 6.07) is 6.41. The summed E-state index contributed by atoms with van der Waals surface area (Å²) < 4.78 is 23.5. The summed E-state index contributed by atoms with van der Waals surface area (Å²) in [5.41, 5.74) is 0.830. The molecule has 1 aromatic rings. The van der Waals surface area contributed by atoms with Gasteiger partial charge in [-0.05, 0) is 30.9 Å². The van der Waals surface area contributed by atoms with Crippen molar-refractivity contribution in [1.29, 1.82) is 0 Å². The maximum atomic E-state index is 12.7. The van der Waals surface area contributed by atoms with Crippen molar-refractivity contribution >= 4 is 21.7 Å². The second-order valence-electron chi connectivity index (χ2n) is 6.46. The van der Waals surface area contributed by atoms with Crippen LogP contribution < -0.4 is 0 Å². The van der Waals surface area contributed by atoms with Crippen molar-refractivity contribution in [2.45, 2.75) is 45.1 Å². The number of carbonyl (C=O) groups excluding carboxylic acids is 1. The zero-order valence-electron chi connectivity index (χ0n) is 14.5. The van der Waals surface area contributed by atoms with E-state index in [1.165, 1.54) is 6.07 Å². The van der Waals surface area contributed by atoms with Gasteiger partial charge >= 0.3 is 5.97 Å². The van der Waals surface area contributed by atoms with Gasteiger partial charge in [-0.25, -0.2) is 13.2 Å². The van der Waals surface area contributed by atoms with Crippen molar-refractivity contribution < 1.29 is 23.1 Å². The molecule has 2 rings (SSSR count). The van der Waals surface area contributed by atoms with E-state index < -0.39 is 15.8 Å². The predicted molar refractivity (Wildman–Crippen MR) is 95.4 cm³/mol. The quantitative estimate of drug-likeness (QED) is 0.760. The number of carbonyl (C=O) groups is 2. The van der Waals surface area contributed by atoms with Crippen molar-refractivity contribution in [3.05, 3.63) is 35.4 Å². The van der Waals surface area contributed by atoms with E-state index in [0.717, 1.165) is 12.8 Å². The van der Waals surface area contributed by atoms with Gasteiger partial charge in [-0.15, -0.1) is 0 Å². The van der Waals surface area contributed by atoms with Gasteiger partial charge in [-0.3, -0.25) is 4.79 Å². The maximum Gasteiger partial charge on any atom is 0.335 e. The molecular formula is C18H25NO5S. The van der Waals surface area contributed by atoms with Crippen LogP contribution in [0, 0.1) is 0 Å². The summed E-state index contributed by atoms with van der Waals surface area (Å²) in [4.78, 5) is 25.6. The molecule has 1 atom stereocenters. The highest BCUT2D eigenvalue weighted by atomic mass is 32.2. The molecule has 1 unspecified atom stereocenters. The van der Waals surface area contributed by atoms with Gasteiger partial charge in [0.2, 0.25) is 5.91 Å². The number of carboxylic acid groups (broad SMARTS) is 1. The summed E-state index contributed by atoms with van der Waals surface area (Å²) in [5.74, 6) is -0.938. The Morgan fingerprint density at radius 1 is 1.28 bits per heavy atom.